The number of carbonyl (C=O) groups is 1. The molecule has 0 amide bonds. The van der Waals surface area contributed by atoms with Crippen molar-refractivity contribution in [3.05, 3.63) is 28.8 Å². The molecule has 0 spiro atoms. The van der Waals surface area contributed by atoms with Gasteiger partial charge < -0.3 is 5.11 Å². The topological polar surface area (TPSA) is 61.1 Å². The van der Waals surface area contributed by atoms with Crippen molar-refractivity contribution in [3.63, 3.8) is 0 Å². The van der Waals surface area contributed by atoms with Crippen molar-refractivity contribution in [2.75, 3.05) is 0 Å². The predicted octanol–water partition coefficient (Wildman–Crippen LogP) is 4.86. The lowest BCUT2D eigenvalue weighted by Crippen LogP contribution is -2.18. The normalized spacial score (nSPS) is 12.0. The molecular formula is C19H27NO2. The van der Waals surface area contributed by atoms with Crippen molar-refractivity contribution in [2.45, 2.75) is 71.6 Å². The molecule has 0 aliphatic carbocycles. The summed E-state index contributed by atoms with van der Waals surface area (Å²) >= 11 is 0. The van der Waals surface area contributed by atoms with E-state index in [0.29, 0.717) is 24.8 Å². The number of nitriles is 1. The summed E-state index contributed by atoms with van der Waals surface area (Å²) < 4.78 is 0. The van der Waals surface area contributed by atoms with Gasteiger partial charge in [0, 0.05) is 29.5 Å². The zero-order valence-corrected chi connectivity index (χ0v) is 14.6. The van der Waals surface area contributed by atoms with Crippen LogP contribution in [0.1, 0.15) is 82.3 Å². The van der Waals surface area contributed by atoms with Crippen LogP contribution in [0.25, 0.3) is 0 Å². The Bertz CT molecular complexity index is 560. The molecule has 3 nitrogen and oxygen atoms in total. The molecule has 0 radical (unpaired) electrons. The number of carbonyl (C=O) groups excluding carboxylic acids is 1. The number of hydrogen-bond acceptors (Lipinski definition) is 3. The molecule has 0 saturated heterocycles. The van der Waals surface area contributed by atoms with Crippen LogP contribution in [0, 0.1) is 11.3 Å². The van der Waals surface area contributed by atoms with Gasteiger partial charge in [0.25, 0.3) is 0 Å². The Labute approximate surface area is 134 Å². The molecule has 0 aliphatic heterocycles. The first kappa shape index (κ1) is 18.2. The monoisotopic (exact) mass is 301 g/mol. The van der Waals surface area contributed by atoms with Crippen molar-refractivity contribution in [3.8, 4) is 11.8 Å². The van der Waals surface area contributed by atoms with Gasteiger partial charge in [0.15, 0.2) is 5.78 Å². The van der Waals surface area contributed by atoms with Crippen LogP contribution < -0.4 is 0 Å². The third-order valence-corrected chi connectivity index (χ3v) is 3.74. The molecule has 0 saturated carbocycles. The minimum Gasteiger partial charge on any atom is -0.507 e. The fourth-order valence-corrected chi connectivity index (χ4v) is 2.41. The largest absolute Gasteiger partial charge is 0.507 e. The second kappa shape index (κ2) is 6.52. The molecule has 0 unspecified atom stereocenters. The lowest BCUT2D eigenvalue weighted by molar-refractivity contribution is 0.0980. The van der Waals surface area contributed by atoms with Crippen LogP contribution >= 0.6 is 0 Å². The number of ketones is 1. The average molecular weight is 301 g/mol. The summed E-state index contributed by atoms with van der Waals surface area (Å²) in [5.74, 6) is 0.319. The summed E-state index contributed by atoms with van der Waals surface area (Å²) in [7, 11) is 0. The molecule has 0 aromatic heterocycles. The average Bonchev–Trinajstić information content (AvgIpc) is 2.36. The molecular weight excluding hydrogens is 274 g/mol. The first-order chi connectivity index (χ1) is 9.98. The Morgan fingerprint density at radius 2 is 1.55 bits per heavy atom. The zero-order valence-electron chi connectivity index (χ0n) is 14.6. The number of rotatable bonds is 4. The van der Waals surface area contributed by atoms with E-state index in [9.17, 15) is 9.90 Å². The second-order valence-corrected chi connectivity index (χ2v) is 7.85. The van der Waals surface area contributed by atoms with E-state index in [-0.39, 0.29) is 22.4 Å². The summed E-state index contributed by atoms with van der Waals surface area (Å²) in [6.07, 6.45) is 1.33. The van der Waals surface area contributed by atoms with E-state index in [0.717, 1.165) is 11.1 Å². The summed E-state index contributed by atoms with van der Waals surface area (Å²) in [5, 5.41) is 19.2. The maximum atomic E-state index is 12.4. The highest BCUT2D eigenvalue weighted by Gasteiger charge is 2.27. The van der Waals surface area contributed by atoms with Crippen LogP contribution in [0.2, 0.25) is 0 Å². The Kier molecular flexibility index (Phi) is 5.40. The first-order valence-corrected chi connectivity index (χ1v) is 7.76. The van der Waals surface area contributed by atoms with Gasteiger partial charge in [-0.05, 0) is 29.4 Å². The summed E-state index contributed by atoms with van der Waals surface area (Å²) in [6.45, 7) is 12.2. The van der Waals surface area contributed by atoms with Gasteiger partial charge in [-0.1, -0.05) is 41.5 Å². The maximum absolute atomic E-state index is 12.4. The van der Waals surface area contributed by atoms with E-state index in [1.54, 1.807) is 12.1 Å². The molecule has 1 aromatic rings. The third-order valence-electron chi connectivity index (χ3n) is 3.74. The number of hydrogen-bond donors (Lipinski definition) is 1. The number of phenolic OH excluding ortho intramolecular Hbond substituents is 1. The maximum Gasteiger partial charge on any atom is 0.162 e. The van der Waals surface area contributed by atoms with E-state index < -0.39 is 0 Å². The molecule has 3 heteroatoms. The van der Waals surface area contributed by atoms with Gasteiger partial charge in [-0.2, -0.15) is 5.26 Å². The van der Waals surface area contributed by atoms with Crippen molar-refractivity contribution >= 4 is 5.78 Å². The molecule has 120 valence electrons. The van der Waals surface area contributed by atoms with Crippen LogP contribution in [0.15, 0.2) is 12.1 Å². The van der Waals surface area contributed by atoms with E-state index in [1.807, 2.05) is 41.5 Å². The van der Waals surface area contributed by atoms with Crippen LogP contribution in [0.5, 0.6) is 5.75 Å². The molecule has 22 heavy (non-hydrogen) atoms. The first-order valence-electron chi connectivity index (χ1n) is 7.76. The smallest absolute Gasteiger partial charge is 0.162 e. The quantitative estimate of drug-likeness (QED) is 0.638. The Morgan fingerprint density at radius 3 is 1.91 bits per heavy atom. The van der Waals surface area contributed by atoms with Crippen molar-refractivity contribution < 1.29 is 9.90 Å². The minimum atomic E-state index is -0.243. The van der Waals surface area contributed by atoms with Crippen LogP contribution in [-0.2, 0) is 10.8 Å². The van der Waals surface area contributed by atoms with Crippen molar-refractivity contribution in [2.24, 2.45) is 0 Å². The second-order valence-electron chi connectivity index (χ2n) is 7.85. The van der Waals surface area contributed by atoms with Crippen LogP contribution in [0.4, 0.5) is 0 Å². The highest BCUT2D eigenvalue weighted by Crippen LogP contribution is 2.40. The zero-order chi connectivity index (χ0) is 17.1. The van der Waals surface area contributed by atoms with Gasteiger partial charge in [0.1, 0.15) is 5.75 Å². The van der Waals surface area contributed by atoms with Gasteiger partial charge in [-0.15, -0.1) is 0 Å². The molecule has 0 fully saturated rings. The summed E-state index contributed by atoms with van der Waals surface area (Å²) in [6, 6.07) is 5.67. The lowest BCUT2D eigenvalue weighted by atomic mass is 9.78. The van der Waals surface area contributed by atoms with E-state index >= 15 is 0 Å². The van der Waals surface area contributed by atoms with E-state index in [1.165, 1.54) is 0 Å². The number of aromatic hydroxyl groups is 1. The molecule has 0 bridgehead atoms. The lowest BCUT2D eigenvalue weighted by Gasteiger charge is -2.28. The Hall–Kier alpha value is -1.82. The van der Waals surface area contributed by atoms with Gasteiger partial charge in [0.2, 0.25) is 0 Å². The van der Waals surface area contributed by atoms with Crippen molar-refractivity contribution in [1.29, 1.82) is 5.26 Å². The number of benzene rings is 1. The Morgan fingerprint density at radius 1 is 1.09 bits per heavy atom. The van der Waals surface area contributed by atoms with E-state index in [2.05, 4.69) is 6.07 Å². The van der Waals surface area contributed by atoms with Gasteiger partial charge >= 0.3 is 0 Å². The number of unbranched alkanes of at least 4 members (excludes halogenated alkanes) is 1. The number of Topliss-reactive ketones (excluding diaryl/α,β-unsaturated/α-hetero) is 1. The highest BCUT2D eigenvalue weighted by molar-refractivity contribution is 5.96. The summed E-state index contributed by atoms with van der Waals surface area (Å²) in [5.41, 5.74) is 1.73. The minimum absolute atomic E-state index is 0.0336. The molecule has 1 N–H and O–H groups in total. The standard InChI is InChI=1S/C19H27NO2/c1-18(2,3)14-11-13(16(21)9-7-8-10-20)12-15(17(14)22)19(4,5)6/h11-12,22H,7-9H2,1-6H3. The Balaban J connectivity index is 3.36. The molecule has 0 aliphatic rings. The fourth-order valence-electron chi connectivity index (χ4n) is 2.41. The molecule has 0 atom stereocenters. The molecule has 1 aromatic carbocycles. The summed E-state index contributed by atoms with van der Waals surface area (Å²) in [4.78, 5) is 12.4. The SMILES string of the molecule is CC(C)(C)c1cc(C(=O)CCCC#N)cc(C(C)(C)C)c1O. The third kappa shape index (κ3) is 4.34. The number of phenols is 1. The van der Waals surface area contributed by atoms with Crippen LogP contribution in [0.3, 0.4) is 0 Å². The predicted molar refractivity (Wildman–Crippen MR) is 89.3 cm³/mol. The van der Waals surface area contributed by atoms with E-state index in [4.69, 9.17) is 5.26 Å². The van der Waals surface area contributed by atoms with Gasteiger partial charge in [-0.3, -0.25) is 4.79 Å². The number of nitrogens with zero attached hydrogens (tertiary/aromatic N) is 1. The highest BCUT2D eigenvalue weighted by atomic mass is 16.3. The van der Waals surface area contributed by atoms with Gasteiger partial charge in [0.05, 0.1) is 6.07 Å². The molecule has 0 heterocycles. The van der Waals surface area contributed by atoms with Crippen molar-refractivity contribution in [1.82, 2.24) is 0 Å². The van der Waals surface area contributed by atoms with Crippen LogP contribution in [-0.4, -0.2) is 10.9 Å². The molecule has 1 rings (SSSR count). The fraction of sp³-hybridized carbons (Fsp3) is 0.579. The van der Waals surface area contributed by atoms with Gasteiger partial charge in [-0.25, -0.2) is 0 Å².